The molecule has 1 aromatic carbocycles. The molecule has 3 rings (SSSR count). The third-order valence-electron chi connectivity index (χ3n) is 5.23. The van der Waals surface area contributed by atoms with Gasteiger partial charge in [0.2, 0.25) is 0 Å². The van der Waals surface area contributed by atoms with E-state index in [1.54, 1.807) is 0 Å². The lowest BCUT2D eigenvalue weighted by Gasteiger charge is -2.33. The zero-order valence-electron chi connectivity index (χ0n) is 16.9. The van der Waals surface area contributed by atoms with Crippen LogP contribution in [0.2, 0.25) is 0 Å². The van der Waals surface area contributed by atoms with E-state index in [-0.39, 0.29) is 5.91 Å². The maximum Gasteiger partial charge on any atom is 0.255 e. The van der Waals surface area contributed by atoms with Crippen molar-refractivity contribution in [3.05, 3.63) is 48.0 Å². The van der Waals surface area contributed by atoms with Crippen LogP contribution in [0.4, 0.5) is 5.69 Å². The molecule has 0 saturated carbocycles. The predicted molar refractivity (Wildman–Crippen MR) is 109 cm³/mol. The van der Waals surface area contributed by atoms with Crippen molar-refractivity contribution in [3.63, 3.8) is 0 Å². The van der Waals surface area contributed by atoms with Gasteiger partial charge in [-0.15, -0.1) is 0 Å². The summed E-state index contributed by atoms with van der Waals surface area (Å²) in [5, 5.41) is 0. The summed E-state index contributed by atoms with van der Waals surface area (Å²) in [7, 11) is 8.12. The van der Waals surface area contributed by atoms with Gasteiger partial charge in [0.15, 0.2) is 0 Å². The lowest BCUT2D eigenvalue weighted by atomic mass is 9.96. The molecule has 2 heterocycles. The molecule has 1 amide bonds. The molecular weight excluding hydrogens is 338 g/mol. The van der Waals surface area contributed by atoms with E-state index in [0.717, 1.165) is 56.1 Å². The van der Waals surface area contributed by atoms with Crippen LogP contribution in [0.3, 0.4) is 0 Å². The third-order valence-corrected chi connectivity index (χ3v) is 5.23. The van der Waals surface area contributed by atoms with E-state index >= 15 is 0 Å². The van der Waals surface area contributed by atoms with Crippen molar-refractivity contribution in [2.24, 2.45) is 0 Å². The number of para-hydroxylation sites is 1. The molecule has 1 atom stereocenters. The summed E-state index contributed by atoms with van der Waals surface area (Å²) in [5.41, 5.74) is 1.75. The number of hydrogen-bond donors (Lipinski definition) is 0. The molecule has 1 aliphatic rings. The van der Waals surface area contributed by atoms with Crippen molar-refractivity contribution in [2.45, 2.75) is 25.3 Å². The molecule has 6 nitrogen and oxygen atoms in total. The molecule has 2 aromatic rings. The van der Waals surface area contributed by atoms with E-state index < -0.39 is 0 Å². The Balaban J connectivity index is 1.75. The number of anilines is 1. The minimum absolute atomic E-state index is 0.121. The number of likely N-dealkylation sites (tertiary alicyclic amines) is 1. The second-order valence-electron chi connectivity index (χ2n) is 7.78. The van der Waals surface area contributed by atoms with Crippen LogP contribution in [0.15, 0.2) is 36.7 Å². The molecule has 1 saturated heterocycles. The van der Waals surface area contributed by atoms with Gasteiger partial charge in [0.25, 0.3) is 5.91 Å². The molecule has 0 spiro atoms. The lowest BCUT2D eigenvalue weighted by molar-refractivity contribution is 0.0704. The molecule has 146 valence electrons. The molecule has 1 aromatic heterocycles. The molecule has 0 aliphatic carbocycles. The summed E-state index contributed by atoms with van der Waals surface area (Å²) >= 11 is 0. The summed E-state index contributed by atoms with van der Waals surface area (Å²) in [6.07, 6.45) is 6.03. The normalized spacial score (nSPS) is 17.4. The van der Waals surface area contributed by atoms with Crippen LogP contribution in [0.25, 0.3) is 0 Å². The average Bonchev–Trinajstić information content (AvgIpc) is 3.14. The van der Waals surface area contributed by atoms with E-state index in [4.69, 9.17) is 0 Å². The number of nitrogens with zero attached hydrogens (tertiary/aromatic N) is 5. The number of carbonyl (C=O) groups excluding carboxylic acids is 1. The fourth-order valence-electron chi connectivity index (χ4n) is 3.76. The van der Waals surface area contributed by atoms with Crippen molar-refractivity contribution < 1.29 is 4.79 Å². The summed E-state index contributed by atoms with van der Waals surface area (Å²) in [6.45, 7) is 3.46. The highest BCUT2D eigenvalue weighted by atomic mass is 16.2. The number of amides is 1. The Hall–Kier alpha value is -2.34. The molecule has 1 aliphatic heterocycles. The number of hydrogen-bond acceptors (Lipinski definition) is 4. The van der Waals surface area contributed by atoms with Crippen LogP contribution in [-0.4, -0.2) is 73.1 Å². The average molecular weight is 370 g/mol. The minimum Gasteiger partial charge on any atom is -0.377 e. The SMILES string of the molecule is CN(C)CCn1ccnc1[C@@H]1CCCN(C(=O)c2ccccc2N(C)C)C1. The lowest BCUT2D eigenvalue weighted by Crippen LogP contribution is -2.40. The molecular formula is C21H31N5O. The summed E-state index contributed by atoms with van der Waals surface area (Å²) < 4.78 is 2.24. The smallest absolute Gasteiger partial charge is 0.255 e. The Morgan fingerprint density at radius 3 is 2.74 bits per heavy atom. The van der Waals surface area contributed by atoms with Gasteiger partial charge in [-0.1, -0.05) is 12.1 Å². The maximum absolute atomic E-state index is 13.2. The van der Waals surface area contributed by atoms with Crippen molar-refractivity contribution in [1.29, 1.82) is 0 Å². The van der Waals surface area contributed by atoms with E-state index in [1.165, 1.54) is 0 Å². The highest BCUT2D eigenvalue weighted by Crippen LogP contribution is 2.28. The topological polar surface area (TPSA) is 44.6 Å². The van der Waals surface area contributed by atoms with Gasteiger partial charge in [0.1, 0.15) is 5.82 Å². The number of aromatic nitrogens is 2. The van der Waals surface area contributed by atoms with Crippen molar-refractivity contribution in [2.75, 3.05) is 52.7 Å². The molecule has 6 heteroatoms. The van der Waals surface area contributed by atoms with Gasteiger partial charge in [-0.3, -0.25) is 4.79 Å². The van der Waals surface area contributed by atoms with Crippen LogP contribution in [0, 0.1) is 0 Å². The number of likely N-dealkylation sites (N-methyl/N-ethyl adjacent to an activating group) is 1. The quantitative estimate of drug-likeness (QED) is 0.785. The summed E-state index contributed by atoms with van der Waals surface area (Å²) in [6, 6.07) is 7.85. The zero-order chi connectivity index (χ0) is 19.4. The molecule has 1 fully saturated rings. The summed E-state index contributed by atoms with van der Waals surface area (Å²) in [5.74, 6) is 1.53. The Bertz CT molecular complexity index is 767. The number of piperidine rings is 1. The first-order valence-corrected chi connectivity index (χ1v) is 9.68. The zero-order valence-corrected chi connectivity index (χ0v) is 16.9. The first kappa shape index (κ1) is 19.4. The van der Waals surface area contributed by atoms with Crippen molar-refractivity contribution >= 4 is 11.6 Å². The molecule has 0 unspecified atom stereocenters. The summed E-state index contributed by atoms with van der Waals surface area (Å²) in [4.78, 5) is 24.0. The number of carbonyl (C=O) groups is 1. The highest BCUT2D eigenvalue weighted by molar-refractivity contribution is 5.99. The minimum atomic E-state index is 0.121. The van der Waals surface area contributed by atoms with Gasteiger partial charge in [0, 0.05) is 64.3 Å². The number of benzene rings is 1. The van der Waals surface area contributed by atoms with Crippen LogP contribution in [0.1, 0.15) is 34.9 Å². The van der Waals surface area contributed by atoms with E-state index in [9.17, 15) is 4.79 Å². The Morgan fingerprint density at radius 1 is 1.22 bits per heavy atom. The first-order chi connectivity index (χ1) is 13.0. The van der Waals surface area contributed by atoms with Crippen LogP contribution in [0.5, 0.6) is 0 Å². The monoisotopic (exact) mass is 369 g/mol. The third kappa shape index (κ3) is 4.50. The fourth-order valence-corrected chi connectivity index (χ4v) is 3.76. The molecule has 27 heavy (non-hydrogen) atoms. The van der Waals surface area contributed by atoms with Crippen LogP contribution in [-0.2, 0) is 6.54 Å². The van der Waals surface area contributed by atoms with E-state index in [0.29, 0.717) is 5.92 Å². The first-order valence-electron chi connectivity index (χ1n) is 9.68. The van der Waals surface area contributed by atoms with Gasteiger partial charge < -0.3 is 19.3 Å². The van der Waals surface area contributed by atoms with Gasteiger partial charge in [-0.05, 0) is 39.1 Å². The second kappa shape index (κ2) is 8.57. The van der Waals surface area contributed by atoms with Crippen molar-refractivity contribution in [1.82, 2.24) is 19.4 Å². The number of imidazole rings is 1. The van der Waals surface area contributed by atoms with E-state index in [1.807, 2.05) is 54.4 Å². The van der Waals surface area contributed by atoms with Crippen LogP contribution >= 0.6 is 0 Å². The van der Waals surface area contributed by atoms with Gasteiger partial charge >= 0.3 is 0 Å². The molecule has 0 radical (unpaired) electrons. The van der Waals surface area contributed by atoms with Crippen LogP contribution < -0.4 is 4.90 Å². The maximum atomic E-state index is 13.2. The number of rotatable bonds is 6. The van der Waals surface area contributed by atoms with Gasteiger partial charge in [0.05, 0.1) is 5.56 Å². The van der Waals surface area contributed by atoms with E-state index in [2.05, 4.69) is 34.7 Å². The highest BCUT2D eigenvalue weighted by Gasteiger charge is 2.29. The Morgan fingerprint density at radius 2 is 2.00 bits per heavy atom. The van der Waals surface area contributed by atoms with Crippen molar-refractivity contribution in [3.8, 4) is 0 Å². The Labute approximate surface area is 162 Å². The molecule has 0 bridgehead atoms. The predicted octanol–water partition coefficient (Wildman–Crippen LogP) is 2.53. The van der Waals surface area contributed by atoms with Gasteiger partial charge in [-0.2, -0.15) is 0 Å². The largest absolute Gasteiger partial charge is 0.377 e. The fraction of sp³-hybridized carbons (Fsp3) is 0.524. The standard InChI is InChI=1S/C21H31N5O/c1-23(2)14-15-25-13-11-22-20(25)17-8-7-12-26(16-17)21(27)18-9-5-6-10-19(18)24(3)4/h5-6,9-11,13,17H,7-8,12,14-16H2,1-4H3/t17-/m1/s1. The van der Waals surface area contributed by atoms with Gasteiger partial charge in [-0.25, -0.2) is 4.98 Å². The second-order valence-corrected chi connectivity index (χ2v) is 7.78. The molecule has 0 N–H and O–H groups in total. The Kier molecular flexibility index (Phi) is 6.16.